The van der Waals surface area contributed by atoms with Crippen molar-refractivity contribution in [1.82, 2.24) is 5.32 Å². The number of amides is 1. The zero-order valence-electron chi connectivity index (χ0n) is 62.8. The number of carbonyl (C=O) groups excluding carboxylic acids is 8. The first-order valence-electron chi connectivity index (χ1n) is 35.5. The van der Waals surface area contributed by atoms with Gasteiger partial charge in [-0.15, -0.1) is 0 Å². The Kier molecular flexibility index (Phi) is 40.8. The van der Waals surface area contributed by atoms with Gasteiger partial charge in [-0.1, -0.05) is 105 Å². The average molecular weight is 1590 g/mol. The van der Waals surface area contributed by atoms with Crippen LogP contribution in [0.3, 0.4) is 0 Å². The molecule has 4 aliphatic rings. The van der Waals surface area contributed by atoms with Gasteiger partial charge in [0, 0.05) is 57.0 Å². The van der Waals surface area contributed by atoms with Gasteiger partial charge < -0.3 is 98.7 Å². The van der Waals surface area contributed by atoms with Crippen molar-refractivity contribution in [2.45, 2.75) is 103 Å². The normalized spacial score (nSPS) is 19.0. The number of phenolic OH excluding ortho intramolecular Hbond substituents is 8. The number of likely N-dealkylation sites (N-methyl/N-ethyl adjacent to an activating group) is 1. The maximum atomic E-state index is 12.5. The number of halogens is 1. The van der Waals surface area contributed by atoms with Gasteiger partial charge in [0.05, 0.1) is 75.6 Å². The molecule has 113 heavy (non-hydrogen) atoms. The summed E-state index contributed by atoms with van der Waals surface area (Å²) >= 11 is 6.20. The molecule has 0 saturated heterocycles. The number of cyclic esters (lactones) is 4. The summed E-state index contributed by atoms with van der Waals surface area (Å²) in [5.41, 5.74) is 2.33. The van der Waals surface area contributed by atoms with Crippen molar-refractivity contribution in [3.05, 3.63) is 189 Å². The lowest BCUT2D eigenvalue weighted by atomic mass is 9.99. The zero-order chi connectivity index (χ0) is 82.3. The molecule has 0 aromatic heterocycles. The Labute approximate surface area is 656 Å². The van der Waals surface area contributed by atoms with Crippen LogP contribution in [0.4, 0.5) is 0 Å². The molecule has 0 saturated carbocycles. The molecular formula is C80H92ClN5O27. The number of methoxy groups -OCH3 is 3. The molecule has 606 valence electrons. The Morgan fingerprint density at radius 3 is 0.929 bits per heavy atom. The predicted molar refractivity (Wildman–Crippen MR) is 412 cm³/mol. The third-order valence-corrected chi connectivity index (χ3v) is 16.0. The number of esters is 7. The number of benzene rings is 4. The van der Waals surface area contributed by atoms with E-state index in [0.717, 1.165) is 75.6 Å². The van der Waals surface area contributed by atoms with Gasteiger partial charge >= 0.3 is 41.8 Å². The number of ether oxygens (including phenoxy) is 7. The molecule has 8 rings (SSSR count). The van der Waals surface area contributed by atoms with E-state index in [-0.39, 0.29) is 145 Å². The third kappa shape index (κ3) is 33.5. The fraction of sp³-hybridized carbons (Fsp3) is 0.350. The van der Waals surface area contributed by atoms with E-state index < -0.39 is 59.9 Å². The molecule has 0 atom stereocenters. The largest absolute Gasteiger partial charge is 0.508 e. The topological polar surface area (TPSA) is 461 Å². The molecule has 4 aromatic carbocycles. The summed E-state index contributed by atoms with van der Waals surface area (Å²) in [5, 5.41) is 98.2. The number of nitrogens with zero attached hydrogens (tertiary/aromatic N) is 4. The average Bonchev–Trinajstić information content (AvgIpc) is 1.10. The molecule has 0 bridgehead atoms. The maximum Gasteiger partial charge on any atom is 0.346 e. The van der Waals surface area contributed by atoms with E-state index in [1.807, 2.05) is 72.9 Å². The van der Waals surface area contributed by atoms with E-state index in [4.69, 9.17) is 49.9 Å². The Bertz CT molecular complexity index is 4000. The molecule has 1 amide bonds. The van der Waals surface area contributed by atoms with Crippen LogP contribution in [0.5, 0.6) is 46.0 Å². The fourth-order valence-electron chi connectivity index (χ4n) is 10.1. The van der Waals surface area contributed by atoms with Crippen molar-refractivity contribution in [2.24, 2.45) is 20.6 Å². The summed E-state index contributed by atoms with van der Waals surface area (Å²) < 4.78 is 34.3. The van der Waals surface area contributed by atoms with Crippen molar-refractivity contribution in [3.8, 4) is 46.0 Å². The monoisotopic (exact) mass is 1590 g/mol. The summed E-state index contributed by atoms with van der Waals surface area (Å²) in [6, 6.07) is 8.28. The smallest absolute Gasteiger partial charge is 0.346 e. The first-order chi connectivity index (χ1) is 54.5. The van der Waals surface area contributed by atoms with Gasteiger partial charge in [-0.25, -0.2) is 33.6 Å². The molecule has 4 heterocycles. The Morgan fingerprint density at radius 1 is 0.363 bits per heavy atom. The van der Waals surface area contributed by atoms with Crippen LogP contribution >= 0.6 is 11.6 Å². The van der Waals surface area contributed by atoms with Gasteiger partial charge in [-0.2, -0.15) is 0 Å². The Hall–Kier alpha value is -12.9. The molecule has 0 fully saturated rings. The van der Waals surface area contributed by atoms with E-state index in [0.29, 0.717) is 65.2 Å². The molecule has 33 heteroatoms. The van der Waals surface area contributed by atoms with Gasteiger partial charge in [0.2, 0.25) is 19.8 Å². The van der Waals surface area contributed by atoms with Crippen molar-refractivity contribution >= 4 is 82.1 Å². The summed E-state index contributed by atoms with van der Waals surface area (Å²) in [6.45, 7) is -0.718. The fourth-order valence-corrected chi connectivity index (χ4v) is 10.4. The number of phenols is 8. The van der Waals surface area contributed by atoms with Crippen LogP contribution < -0.4 is 5.32 Å². The van der Waals surface area contributed by atoms with Crippen LogP contribution in [0.25, 0.3) is 0 Å². The van der Waals surface area contributed by atoms with Gasteiger partial charge in [0.25, 0.3) is 5.91 Å². The number of aromatic hydroxyl groups is 8. The van der Waals surface area contributed by atoms with E-state index in [1.165, 1.54) is 46.6 Å². The Morgan fingerprint density at radius 2 is 0.628 bits per heavy atom. The van der Waals surface area contributed by atoms with Crippen molar-refractivity contribution in [3.63, 3.8) is 0 Å². The highest BCUT2D eigenvalue weighted by molar-refractivity contribution is 6.33. The molecule has 9 N–H and O–H groups in total. The lowest BCUT2D eigenvalue weighted by molar-refractivity contribution is -0.146. The molecule has 4 aromatic rings. The number of hydrogen-bond donors (Lipinski definition) is 9. The first kappa shape index (κ1) is 90.7. The number of fused-ring (bicyclic) bond motifs is 4. The maximum absolute atomic E-state index is 12.5. The minimum atomic E-state index is -0.774. The van der Waals surface area contributed by atoms with Gasteiger partial charge in [-0.3, -0.25) is 4.79 Å². The highest BCUT2D eigenvalue weighted by Crippen LogP contribution is 2.38. The summed E-state index contributed by atoms with van der Waals surface area (Å²) in [7, 11) is 5.19. The second-order valence-corrected chi connectivity index (χ2v) is 24.5. The standard InChI is InChI=1S/C20H22ClNO7.C20H24N2O6.2C20H23NO7/c1-27-17(25)12-29-22-13-8-6-4-2-3-5-7-9-28-20(26)18-14(10-13)19(21)16(24)11-15(18)23;1-21-18(25)13-28-22-15-8-6-4-2-3-5-7-9-27-20(26)19-14(10-15)11-16(23)12-17(19)24;2*1-26-18(24)13-28-21-15-8-6-4-2-3-5-7-9-27-20(25)19-14(10-15)11-16(22)12-17(19)23/h3,5-6,8,11,23-24H,2,4,7,9-10,12H2,1H3;3,5-6,8,11-12,23-24H,2,4,7,9-10,13H2,1H3,(H,21,25);2*3,5-6,8,11-12,22-23H,2,4,7,9-10,13H2,1H3/b5-3+,8-6+,22-13-;5-3+,8-6+,22-15+;5-3+,8-6+,21-15+;5-3+,8-6+,21-15-. The minimum absolute atomic E-state index is 0.0359. The molecule has 0 aliphatic carbocycles. The molecular weight excluding hydrogens is 1500 g/mol. The van der Waals surface area contributed by atoms with E-state index in [9.17, 15) is 79.2 Å². The van der Waals surface area contributed by atoms with Crippen molar-refractivity contribution in [2.75, 3.05) is 81.2 Å². The number of carbonyl (C=O) groups is 8. The lowest BCUT2D eigenvalue weighted by Crippen LogP contribution is -2.22. The summed E-state index contributed by atoms with van der Waals surface area (Å²) in [4.78, 5) is 115. The van der Waals surface area contributed by atoms with Crippen LogP contribution in [0.2, 0.25) is 5.02 Å². The molecule has 4 aliphatic heterocycles. The van der Waals surface area contributed by atoms with E-state index in [2.05, 4.69) is 40.2 Å². The second kappa shape index (κ2) is 50.8. The number of nitrogens with one attached hydrogen (secondary N) is 1. The summed E-state index contributed by atoms with van der Waals surface area (Å²) in [6.07, 6.45) is 38.5. The first-order valence-corrected chi connectivity index (χ1v) is 35.8. The van der Waals surface area contributed by atoms with E-state index >= 15 is 0 Å². The van der Waals surface area contributed by atoms with Crippen LogP contribution in [0, 0.1) is 0 Å². The number of oxime groups is 4. The Balaban J connectivity index is 0.000000269. The van der Waals surface area contributed by atoms with Crippen LogP contribution in [0.15, 0.2) is 160 Å². The molecule has 0 unspecified atom stereocenters. The van der Waals surface area contributed by atoms with Crippen LogP contribution in [0.1, 0.15) is 141 Å². The lowest BCUT2D eigenvalue weighted by Gasteiger charge is -2.14. The van der Waals surface area contributed by atoms with Crippen molar-refractivity contribution in [1.29, 1.82) is 0 Å². The SMILES string of the molecule is CNC(=O)CO/N=C1\C=C\CC/C=C/CCOC(=O)c2c(O)cc(O)cc2C1.COC(=O)CO/N=C1/C=C/CC/C=C/CCOC(=O)c2c(O)cc(O)c(Cl)c2C1.COC(=O)CO/N=C1/C=C/CC/C=C/CCOC(=O)c2c(O)cc(O)cc2C1.COC(=O)CO/N=C1\C=C\CC/C=C/CCOC(=O)c2c(O)cc(O)cc2C1. The second-order valence-electron chi connectivity index (χ2n) is 24.1. The van der Waals surface area contributed by atoms with Gasteiger partial charge in [0.15, 0.2) is 6.61 Å². The highest BCUT2D eigenvalue weighted by atomic mass is 35.5. The quantitative estimate of drug-likeness (QED) is 0.0275. The highest BCUT2D eigenvalue weighted by Gasteiger charge is 2.27. The zero-order valence-corrected chi connectivity index (χ0v) is 63.5. The van der Waals surface area contributed by atoms with Gasteiger partial charge in [-0.05, 0) is 142 Å². The number of allylic oxidation sites excluding steroid dienone is 12. The van der Waals surface area contributed by atoms with Gasteiger partial charge in [0.1, 0.15) is 68.2 Å². The van der Waals surface area contributed by atoms with Crippen LogP contribution in [-0.4, -0.2) is 193 Å². The molecule has 0 radical (unpaired) electrons. The molecule has 0 spiro atoms. The van der Waals surface area contributed by atoms with Crippen molar-refractivity contribution < 1.29 is 132 Å². The third-order valence-electron chi connectivity index (χ3n) is 15.6. The predicted octanol–water partition coefficient (Wildman–Crippen LogP) is 10.8. The summed E-state index contributed by atoms with van der Waals surface area (Å²) in [5.74, 6) is -7.57. The number of rotatable bonds is 12. The van der Waals surface area contributed by atoms with E-state index in [1.54, 1.807) is 24.3 Å². The number of hydrogen-bond acceptors (Lipinski definition) is 31. The minimum Gasteiger partial charge on any atom is -0.508 e. The van der Waals surface area contributed by atoms with Crippen LogP contribution in [-0.2, 0) is 97.4 Å². The molecule has 32 nitrogen and oxygen atoms in total.